The van der Waals surface area contributed by atoms with E-state index in [0.717, 1.165) is 11.3 Å². The van der Waals surface area contributed by atoms with Crippen LogP contribution in [0.1, 0.15) is 41.9 Å². The van der Waals surface area contributed by atoms with E-state index in [1.807, 2.05) is 13.8 Å². The Labute approximate surface area is 99.3 Å². The highest BCUT2D eigenvalue weighted by atomic mass is 16.4. The Bertz CT molecular complexity index is 483. The number of nitrogens with zero attached hydrogens (tertiary/aromatic N) is 1. The Morgan fingerprint density at radius 1 is 1.59 bits per heavy atom. The molecule has 0 saturated heterocycles. The van der Waals surface area contributed by atoms with Gasteiger partial charge in [0, 0.05) is 11.8 Å². The molecule has 1 aromatic heterocycles. The molecule has 17 heavy (non-hydrogen) atoms. The fraction of sp³-hybridized carbons (Fsp3) is 0.500. The van der Waals surface area contributed by atoms with Gasteiger partial charge in [0.2, 0.25) is 0 Å². The maximum Gasteiger partial charge on any atom is 0.339 e. The van der Waals surface area contributed by atoms with E-state index in [9.17, 15) is 9.90 Å². The number of fused-ring (bicyclic) bond motifs is 1. The molecule has 0 radical (unpaired) electrons. The molecule has 1 aliphatic rings. The second-order valence-electron chi connectivity index (χ2n) is 5.18. The number of hydrogen-bond donors (Lipinski definition) is 3. The van der Waals surface area contributed by atoms with Gasteiger partial charge in [0.25, 0.3) is 0 Å². The van der Waals surface area contributed by atoms with Crippen molar-refractivity contribution in [1.29, 1.82) is 0 Å². The normalized spacial score (nSPS) is 21.9. The third kappa shape index (κ3) is 1.98. The number of aromatic carboxylic acids is 1. The van der Waals surface area contributed by atoms with Gasteiger partial charge in [-0.25, -0.2) is 9.78 Å². The van der Waals surface area contributed by atoms with Crippen LogP contribution < -0.4 is 5.73 Å². The molecule has 5 nitrogen and oxygen atoms in total. The van der Waals surface area contributed by atoms with Crippen molar-refractivity contribution < 1.29 is 15.0 Å². The van der Waals surface area contributed by atoms with Crippen LogP contribution in [0, 0.1) is 0 Å². The number of nitrogen functional groups attached to an aromatic ring is 1. The topological polar surface area (TPSA) is 96.4 Å². The summed E-state index contributed by atoms with van der Waals surface area (Å²) in [6, 6.07) is 1.53. The van der Waals surface area contributed by atoms with Crippen molar-refractivity contribution in [3.63, 3.8) is 0 Å². The predicted octanol–water partition coefficient (Wildman–Crippen LogP) is 0.947. The number of carboxylic acid groups (broad SMARTS) is 1. The largest absolute Gasteiger partial charge is 0.478 e. The zero-order valence-electron chi connectivity index (χ0n) is 9.90. The highest BCUT2D eigenvalue weighted by Gasteiger charge is 2.34. The summed E-state index contributed by atoms with van der Waals surface area (Å²) in [7, 11) is 0. The lowest BCUT2D eigenvalue weighted by molar-refractivity contribution is 0.0696. The summed E-state index contributed by atoms with van der Waals surface area (Å²) in [6.45, 7) is 3.95. The lowest BCUT2D eigenvalue weighted by Crippen LogP contribution is -2.34. The quantitative estimate of drug-likeness (QED) is 0.674. The van der Waals surface area contributed by atoms with Crippen LogP contribution in [0.25, 0.3) is 0 Å². The number of hydrogen-bond acceptors (Lipinski definition) is 4. The molecule has 1 aliphatic carbocycles. The molecule has 1 heterocycles. The molecule has 0 spiro atoms. The van der Waals surface area contributed by atoms with Crippen molar-refractivity contribution in [2.24, 2.45) is 0 Å². The van der Waals surface area contributed by atoms with E-state index in [-0.39, 0.29) is 16.8 Å². The van der Waals surface area contributed by atoms with Gasteiger partial charge in [-0.15, -0.1) is 0 Å². The third-order valence-electron chi connectivity index (χ3n) is 3.20. The minimum Gasteiger partial charge on any atom is -0.478 e. The first-order chi connectivity index (χ1) is 7.81. The molecule has 1 aromatic rings. The first-order valence-corrected chi connectivity index (χ1v) is 5.52. The van der Waals surface area contributed by atoms with E-state index in [4.69, 9.17) is 10.8 Å². The molecule has 92 valence electrons. The average molecular weight is 236 g/mol. The van der Waals surface area contributed by atoms with Gasteiger partial charge in [-0.3, -0.25) is 0 Å². The second-order valence-corrected chi connectivity index (χ2v) is 5.18. The molecule has 0 aromatic carbocycles. The van der Waals surface area contributed by atoms with Crippen LogP contribution in [0.4, 0.5) is 5.82 Å². The number of nitrogens with two attached hydrogens (primary N) is 1. The number of carbonyl (C=O) groups is 1. The van der Waals surface area contributed by atoms with Crippen LogP contribution >= 0.6 is 0 Å². The molecular weight excluding hydrogens is 220 g/mol. The Morgan fingerprint density at radius 3 is 2.82 bits per heavy atom. The molecule has 1 unspecified atom stereocenters. The summed E-state index contributed by atoms with van der Waals surface area (Å²) in [6.07, 6.45) is 0.593. The zero-order chi connectivity index (χ0) is 12.8. The van der Waals surface area contributed by atoms with Crippen molar-refractivity contribution in [2.45, 2.75) is 38.2 Å². The minimum atomic E-state index is -1.09. The van der Waals surface area contributed by atoms with Crippen LogP contribution in [0.2, 0.25) is 0 Å². The van der Waals surface area contributed by atoms with Crippen molar-refractivity contribution in [2.75, 3.05) is 5.73 Å². The zero-order valence-corrected chi connectivity index (χ0v) is 9.90. The predicted molar refractivity (Wildman–Crippen MR) is 63.0 cm³/mol. The van der Waals surface area contributed by atoms with Gasteiger partial charge in [-0.1, -0.05) is 13.8 Å². The smallest absolute Gasteiger partial charge is 0.339 e. The number of pyridine rings is 1. The maximum atomic E-state index is 11.0. The van der Waals surface area contributed by atoms with Crippen LogP contribution in [0.3, 0.4) is 0 Å². The molecule has 0 bridgehead atoms. The number of anilines is 1. The van der Waals surface area contributed by atoms with Gasteiger partial charge < -0.3 is 15.9 Å². The Balaban J connectivity index is 2.60. The monoisotopic (exact) mass is 236 g/mol. The van der Waals surface area contributed by atoms with Crippen molar-refractivity contribution in [3.05, 3.63) is 22.9 Å². The number of aliphatic hydroxyl groups excluding tert-OH is 1. The SMILES string of the molecule is CC1(C)CC(O)Cc2cc(C(=O)O)c(N)nc21. The molecule has 0 aliphatic heterocycles. The summed E-state index contributed by atoms with van der Waals surface area (Å²) < 4.78 is 0. The van der Waals surface area contributed by atoms with Crippen LogP contribution in [0.5, 0.6) is 0 Å². The third-order valence-corrected chi connectivity index (χ3v) is 3.20. The molecule has 0 amide bonds. The molecule has 2 rings (SSSR count). The van der Waals surface area contributed by atoms with Gasteiger partial charge in [0.15, 0.2) is 0 Å². The summed E-state index contributed by atoms with van der Waals surface area (Å²) >= 11 is 0. The standard InChI is InChI=1S/C12H16N2O3/c1-12(2)5-7(15)3-6-4-8(11(16)17)10(13)14-9(6)12/h4,7,15H,3,5H2,1-2H3,(H2,13,14)(H,16,17). The second kappa shape index (κ2) is 3.70. The Kier molecular flexibility index (Phi) is 2.58. The van der Waals surface area contributed by atoms with Crippen LogP contribution in [-0.4, -0.2) is 27.3 Å². The van der Waals surface area contributed by atoms with E-state index in [1.54, 1.807) is 0 Å². The van der Waals surface area contributed by atoms with Gasteiger partial charge in [0.1, 0.15) is 11.4 Å². The number of aromatic nitrogens is 1. The lowest BCUT2D eigenvalue weighted by Gasteiger charge is -2.34. The molecule has 5 heteroatoms. The van der Waals surface area contributed by atoms with Crippen molar-refractivity contribution in [3.8, 4) is 0 Å². The van der Waals surface area contributed by atoms with Crippen molar-refractivity contribution >= 4 is 11.8 Å². The first kappa shape index (κ1) is 11.9. The summed E-state index contributed by atoms with van der Waals surface area (Å²) in [5, 5.41) is 18.8. The molecule has 4 N–H and O–H groups in total. The maximum absolute atomic E-state index is 11.0. The Morgan fingerprint density at radius 2 is 2.24 bits per heavy atom. The minimum absolute atomic E-state index is 0.00801. The van der Waals surface area contributed by atoms with Crippen molar-refractivity contribution in [1.82, 2.24) is 4.98 Å². The molecule has 0 fully saturated rings. The molecule has 0 saturated carbocycles. The summed E-state index contributed by atoms with van der Waals surface area (Å²) in [4.78, 5) is 15.2. The fourth-order valence-electron chi connectivity index (χ4n) is 2.49. The molecule has 1 atom stereocenters. The number of aliphatic hydroxyl groups is 1. The lowest BCUT2D eigenvalue weighted by atomic mass is 9.74. The fourth-order valence-corrected chi connectivity index (χ4v) is 2.49. The van der Waals surface area contributed by atoms with Gasteiger partial charge in [0.05, 0.1) is 11.8 Å². The highest BCUT2D eigenvalue weighted by molar-refractivity contribution is 5.92. The van der Waals surface area contributed by atoms with E-state index in [2.05, 4.69) is 4.98 Å². The van der Waals surface area contributed by atoms with E-state index in [0.29, 0.717) is 12.8 Å². The summed E-state index contributed by atoms with van der Waals surface area (Å²) in [5.74, 6) is -1.05. The van der Waals surface area contributed by atoms with Crippen LogP contribution in [0.15, 0.2) is 6.07 Å². The Hall–Kier alpha value is -1.62. The van der Waals surface area contributed by atoms with Gasteiger partial charge in [-0.05, 0) is 18.1 Å². The average Bonchev–Trinajstić information content (AvgIpc) is 2.17. The molecular formula is C12H16N2O3. The van der Waals surface area contributed by atoms with Crippen LogP contribution in [-0.2, 0) is 11.8 Å². The first-order valence-electron chi connectivity index (χ1n) is 5.52. The van der Waals surface area contributed by atoms with Gasteiger partial charge >= 0.3 is 5.97 Å². The van der Waals surface area contributed by atoms with Gasteiger partial charge in [-0.2, -0.15) is 0 Å². The number of carboxylic acids is 1. The number of rotatable bonds is 1. The van der Waals surface area contributed by atoms with E-state index < -0.39 is 12.1 Å². The van der Waals surface area contributed by atoms with E-state index >= 15 is 0 Å². The van der Waals surface area contributed by atoms with E-state index in [1.165, 1.54) is 6.07 Å². The highest BCUT2D eigenvalue weighted by Crippen LogP contribution is 2.36. The summed E-state index contributed by atoms with van der Waals surface area (Å²) in [5.41, 5.74) is 6.95.